The molecule has 1 fully saturated rings. The van der Waals surface area contributed by atoms with Crippen LogP contribution in [-0.2, 0) is 4.74 Å². The van der Waals surface area contributed by atoms with Gasteiger partial charge in [-0.1, -0.05) is 0 Å². The molecule has 0 unspecified atom stereocenters. The molecular formula is C17H20N6O3. The Morgan fingerprint density at radius 1 is 1.42 bits per heavy atom. The van der Waals surface area contributed by atoms with Gasteiger partial charge in [0.2, 0.25) is 0 Å². The van der Waals surface area contributed by atoms with Crippen molar-refractivity contribution in [1.82, 2.24) is 29.7 Å². The molecule has 2 atom stereocenters. The van der Waals surface area contributed by atoms with Crippen molar-refractivity contribution in [1.29, 1.82) is 0 Å². The lowest BCUT2D eigenvalue weighted by atomic mass is 10.1. The van der Waals surface area contributed by atoms with E-state index in [1.165, 1.54) is 4.40 Å². The molecule has 136 valence electrons. The van der Waals surface area contributed by atoms with Crippen molar-refractivity contribution in [3.05, 3.63) is 52.3 Å². The number of aromatic amines is 1. The van der Waals surface area contributed by atoms with Gasteiger partial charge >= 0.3 is 5.69 Å². The Kier molecular flexibility index (Phi) is 4.08. The fourth-order valence-corrected chi connectivity index (χ4v) is 3.37. The topological polar surface area (TPSA) is 106 Å². The maximum Gasteiger partial charge on any atom is 0.347 e. The van der Waals surface area contributed by atoms with Crippen molar-refractivity contribution < 1.29 is 9.53 Å². The van der Waals surface area contributed by atoms with Crippen molar-refractivity contribution in [2.45, 2.75) is 38.5 Å². The van der Waals surface area contributed by atoms with Gasteiger partial charge in [-0.25, -0.2) is 14.3 Å². The molecule has 0 aliphatic carbocycles. The van der Waals surface area contributed by atoms with Crippen molar-refractivity contribution in [2.24, 2.45) is 0 Å². The third-order valence-electron chi connectivity index (χ3n) is 4.58. The van der Waals surface area contributed by atoms with Crippen LogP contribution in [0.5, 0.6) is 0 Å². The lowest BCUT2D eigenvalue weighted by molar-refractivity contribution is 0.0783. The van der Waals surface area contributed by atoms with E-state index in [9.17, 15) is 9.59 Å². The van der Waals surface area contributed by atoms with E-state index in [1.54, 1.807) is 24.5 Å². The summed E-state index contributed by atoms with van der Waals surface area (Å²) in [5.41, 5.74) is 1.21. The highest BCUT2D eigenvalue weighted by atomic mass is 16.5. The first-order valence-electron chi connectivity index (χ1n) is 8.58. The van der Waals surface area contributed by atoms with E-state index in [-0.39, 0.29) is 29.8 Å². The van der Waals surface area contributed by atoms with Gasteiger partial charge in [0.25, 0.3) is 5.91 Å². The van der Waals surface area contributed by atoms with Gasteiger partial charge in [0.15, 0.2) is 5.65 Å². The fourth-order valence-electron chi connectivity index (χ4n) is 3.37. The van der Waals surface area contributed by atoms with Crippen LogP contribution in [0.15, 0.2) is 35.4 Å². The third-order valence-corrected chi connectivity index (χ3v) is 4.58. The molecule has 1 aliphatic heterocycles. The Bertz CT molecular complexity index is 1000. The van der Waals surface area contributed by atoms with Crippen LogP contribution in [0, 0.1) is 0 Å². The fraction of sp³-hybridized carbons (Fsp3) is 0.412. The maximum absolute atomic E-state index is 12.8. The van der Waals surface area contributed by atoms with Gasteiger partial charge < -0.3 is 10.1 Å². The molecule has 4 rings (SSSR count). The Balaban J connectivity index is 1.60. The van der Waals surface area contributed by atoms with Crippen LogP contribution in [-0.4, -0.2) is 42.9 Å². The number of ether oxygens (including phenoxy) is 1. The van der Waals surface area contributed by atoms with Gasteiger partial charge in [-0.2, -0.15) is 10.2 Å². The van der Waals surface area contributed by atoms with Crippen molar-refractivity contribution in [3.63, 3.8) is 0 Å². The smallest absolute Gasteiger partial charge is 0.347 e. The number of hydrogen-bond donors (Lipinski definition) is 2. The first-order chi connectivity index (χ1) is 12.6. The zero-order chi connectivity index (χ0) is 18.3. The van der Waals surface area contributed by atoms with Crippen molar-refractivity contribution in [2.75, 3.05) is 6.61 Å². The molecule has 0 bridgehead atoms. The predicted molar refractivity (Wildman–Crippen MR) is 93.0 cm³/mol. The minimum atomic E-state index is -0.377. The van der Waals surface area contributed by atoms with Crippen LogP contribution >= 0.6 is 0 Å². The first kappa shape index (κ1) is 16.5. The Labute approximate surface area is 149 Å². The first-order valence-corrected chi connectivity index (χ1v) is 8.58. The van der Waals surface area contributed by atoms with Crippen LogP contribution in [0.2, 0.25) is 0 Å². The molecule has 26 heavy (non-hydrogen) atoms. The highest BCUT2D eigenvalue weighted by molar-refractivity contribution is 5.99. The second kappa shape index (κ2) is 6.41. The standard InChI is InChI=1S/C17H20N6O3/c1-10(2)23-13(5-7-18-23)14-12(6-9-26-14)19-16(24)11-4-3-8-22-15(11)20-21-17(22)25/h3-5,7-8,10,12,14H,6,9H2,1-2H3,(H,19,24)(H,21,25)/t12-,14-/m0/s1. The monoisotopic (exact) mass is 356 g/mol. The number of carbonyl (C=O) groups is 1. The molecule has 1 aliphatic rings. The van der Waals surface area contributed by atoms with Crippen LogP contribution in [0.25, 0.3) is 5.65 Å². The van der Waals surface area contributed by atoms with Crippen LogP contribution in [0.1, 0.15) is 48.5 Å². The number of fused-ring (bicyclic) bond motifs is 1. The van der Waals surface area contributed by atoms with Crippen LogP contribution in [0.3, 0.4) is 0 Å². The number of rotatable bonds is 4. The molecule has 3 aromatic heterocycles. The molecule has 0 radical (unpaired) electrons. The Morgan fingerprint density at radius 3 is 3.08 bits per heavy atom. The zero-order valence-electron chi connectivity index (χ0n) is 14.5. The number of amides is 1. The summed E-state index contributed by atoms with van der Waals surface area (Å²) in [6.07, 6.45) is 3.76. The maximum atomic E-state index is 12.8. The molecule has 0 spiro atoms. The third kappa shape index (κ3) is 2.70. The average molecular weight is 356 g/mol. The number of H-pyrrole nitrogens is 1. The Morgan fingerprint density at radius 2 is 2.27 bits per heavy atom. The zero-order valence-corrected chi connectivity index (χ0v) is 14.5. The molecule has 1 saturated heterocycles. The summed E-state index contributed by atoms with van der Waals surface area (Å²) >= 11 is 0. The SMILES string of the molecule is CC(C)n1nccc1[C@H]1OCC[C@@H]1NC(=O)c1cccn2c(=O)[nH]nc12. The summed E-state index contributed by atoms with van der Waals surface area (Å²) in [5.74, 6) is -0.286. The Hall–Kier alpha value is -2.94. The molecular weight excluding hydrogens is 336 g/mol. The predicted octanol–water partition coefficient (Wildman–Crippen LogP) is 1.06. The second-order valence-corrected chi connectivity index (χ2v) is 6.60. The van der Waals surface area contributed by atoms with Crippen molar-refractivity contribution >= 4 is 11.6 Å². The van der Waals surface area contributed by atoms with E-state index in [1.807, 2.05) is 10.7 Å². The molecule has 2 N–H and O–H groups in total. The summed E-state index contributed by atoms with van der Waals surface area (Å²) in [6, 6.07) is 5.24. The summed E-state index contributed by atoms with van der Waals surface area (Å²) in [5, 5.41) is 13.7. The largest absolute Gasteiger partial charge is 0.370 e. The minimum Gasteiger partial charge on any atom is -0.370 e. The van der Waals surface area contributed by atoms with Gasteiger partial charge in [-0.15, -0.1) is 0 Å². The molecule has 4 heterocycles. The molecule has 9 heteroatoms. The van der Waals surface area contributed by atoms with Gasteiger partial charge in [-0.3, -0.25) is 9.48 Å². The van der Waals surface area contributed by atoms with E-state index in [0.29, 0.717) is 24.2 Å². The number of hydrogen-bond acceptors (Lipinski definition) is 5. The van der Waals surface area contributed by atoms with E-state index < -0.39 is 0 Å². The normalized spacial score (nSPS) is 20.1. The molecule has 9 nitrogen and oxygen atoms in total. The van der Waals surface area contributed by atoms with Crippen LogP contribution < -0.4 is 11.0 Å². The lowest BCUT2D eigenvalue weighted by Crippen LogP contribution is -2.37. The number of nitrogens with one attached hydrogen (secondary N) is 2. The summed E-state index contributed by atoms with van der Waals surface area (Å²) < 4.78 is 9.09. The summed E-state index contributed by atoms with van der Waals surface area (Å²) in [6.45, 7) is 4.66. The number of pyridine rings is 1. The van der Waals surface area contributed by atoms with Gasteiger partial charge in [0, 0.05) is 25.0 Å². The molecule has 1 amide bonds. The second-order valence-electron chi connectivity index (χ2n) is 6.60. The molecule has 0 aromatic carbocycles. The van der Waals surface area contributed by atoms with E-state index in [2.05, 4.69) is 34.5 Å². The van der Waals surface area contributed by atoms with Crippen molar-refractivity contribution in [3.8, 4) is 0 Å². The van der Waals surface area contributed by atoms with Gasteiger partial charge in [0.05, 0.1) is 17.3 Å². The van der Waals surface area contributed by atoms with Crippen LogP contribution in [0.4, 0.5) is 0 Å². The van der Waals surface area contributed by atoms with Gasteiger partial charge in [0.1, 0.15) is 6.10 Å². The highest BCUT2D eigenvalue weighted by Crippen LogP contribution is 2.30. The minimum absolute atomic E-state index is 0.178. The number of aromatic nitrogens is 5. The van der Waals surface area contributed by atoms with E-state index in [0.717, 1.165) is 5.69 Å². The highest BCUT2D eigenvalue weighted by Gasteiger charge is 2.34. The number of carbonyl (C=O) groups excluding carboxylic acids is 1. The van der Waals surface area contributed by atoms with E-state index in [4.69, 9.17) is 4.74 Å². The average Bonchev–Trinajstić information content (AvgIpc) is 3.34. The summed E-state index contributed by atoms with van der Waals surface area (Å²) in [7, 11) is 0. The quantitative estimate of drug-likeness (QED) is 0.727. The summed E-state index contributed by atoms with van der Waals surface area (Å²) in [4.78, 5) is 24.5. The van der Waals surface area contributed by atoms with E-state index >= 15 is 0 Å². The van der Waals surface area contributed by atoms with Gasteiger partial charge in [-0.05, 0) is 38.5 Å². The number of nitrogens with zero attached hydrogens (tertiary/aromatic N) is 4. The lowest BCUT2D eigenvalue weighted by Gasteiger charge is -2.22. The molecule has 3 aromatic rings. The molecule has 0 saturated carbocycles.